The number of non-ortho nitro benzene ring substituents is 1. The van der Waals surface area contributed by atoms with Gasteiger partial charge in [-0.1, -0.05) is 23.2 Å². The van der Waals surface area contributed by atoms with Crippen molar-refractivity contribution in [2.24, 2.45) is 0 Å². The van der Waals surface area contributed by atoms with Crippen molar-refractivity contribution in [3.8, 4) is 0 Å². The highest BCUT2D eigenvalue weighted by atomic mass is 35.5. The van der Waals surface area contributed by atoms with E-state index in [2.05, 4.69) is 0 Å². The Morgan fingerprint density at radius 2 is 1.61 bits per heavy atom. The summed E-state index contributed by atoms with van der Waals surface area (Å²) in [6, 6.07) is 3.36. The minimum absolute atomic E-state index is 0.0223. The predicted octanol–water partition coefficient (Wildman–Crippen LogP) is 0.665. The summed E-state index contributed by atoms with van der Waals surface area (Å²) < 4.78 is 0. The molecule has 0 spiro atoms. The molecule has 4 amide bonds. The molecule has 0 atom stereocenters. The van der Waals surface area contributed by atoms with Gasteiger partial charge < -0.3 is 9.80 Å². The number of nitro benzene ring substituents is 1. The second kappa shape index (κ2) is 7.72. The number of hydrogen-bond donors (Lipinski definition) is 0. The number of nitro groups is 1. The number of benzene rings is 1. The summed E-state index contributed by atoms with van der Waals surface area (Å²) >= 11 is 11.1. The van der Waals surface area contributed by atoms with Gasteiger partial charge in [-0.2, -0.15) is 0 Å². The fraction of sp³-hybridized carbons (Fsp3) is 0.375. The Balaban J connectivity index is 1.65. The SMILES string of the molecule is O=C(CN1C(=O)c2ccc([N+](=O)[O-])cc2C1=O)N1CCN(C(=O)C(Cl)Cl)CC1. The average molecular weight is 429 g/mol. The number of alkyl halides is 2. The number of piperazine rings is 1. The fourth-order valence-corrected chi connectivity index (χ4v) is 3.36. The third-order valence-electron chi connectivity index (χ3n) is 4.59. The molecule has 0 radical (unpaired) electrons. The van der Waals surface area contributed by atoms with Crippen LogP contribution in [0.3, 0.4) is 0 Å². The molecule has 0 saturated carbocycles. The summed E-state index contributed by atoms with van der Waals surface area (Å²) in [5.41, 5.74) is -0.391. The second-order valence-electron chi connectivity index (χ2n) is 6.19. The first-order chi connectivity index (χ1) is 13.2. The molecule has 0 aromatic heterocycles. The number of rotatable bonds is 4. The molecule has 1 aromatic carbocycles. The highest BCUT2D eigenvalue weighted by molar-refractivity contribution is 6.53. The maximum atomic E-state index is 12.5. The van der Waals surface area contributed by atoms with E-state index >= 15 is 0 Å². The molecule has 0 unspecified atom stereocenters. The van der Waals surface area contributed by atoms with Gasteiger partial charge in [-0.25, -0.2) is 0 Å². The Hall–Kier alpha value is -2.72. The molecular weight excluding hydrogens is 415 g/mol. The Morgan fingerprint density at radius 1 is 1.04 bits per heavy atom. The summed E-state index contributed by atoms with van der Waals surface area (Å²) in [4.78, 5) is 61.7. The zero-order valence-corrected chi connectivity index (χ0v) is 15.9. The summed E-state index contributed by atoms with van der Waals surface area (Å²) in [6.45, 7) is 0.394. The lowest BCUT2D eigenvalue weighted by Gasteiger charge is -2.35. The Kier molecular flexibility index (Phi) is 5.52. The first-order valence-electron chi connectivity index (χ1n) is 8.20. The second-order valence-corrected chi connectivity index (χ2v) is 7.29. The monoisotopic (exact) mass is 428 g/mol. The molecule has 0 bridgehead atoms. The van der Waals surface area contributed by atoms with E-state index in [0.717, 1.165) is 17.0 Å². The molecule has 12 heteroatoms. The van der Waals surface area contributed by atoms with Crippen molar-refractivity contribution in [1.29, 1.82) is 0 Å². The van der Waals surface area contributed by atoms with E-state index in [1.807, 2.05) is 0 Å². The minimum Gasteiger partial charge on any atom is -0.338 e. The van der Waals surface area contributed by atoms with Crippen molar-refractivity contribution in [3.05, 3.63) is 39.4 Å². The van der Waals surface area contributed by atoms with E-state index in [4.69, 9.17) is 23.2 Å². The molecule has 2 aliphatic rings. The van der Waals surface area contributed by atoms with Gasteiger partial charge in [-0.3, -0.25) is 34.2 Å². The van der Waals surface area contributed by atoms with Gasteiger partial charge in [0.2, 0.25) is 5.91 Å². The molecule has 1 aromatic rings. The normalized spacial score (nSPS) is 16.6. The van der Waals surface area contributed by atoms with E-state index in [1.165, 1.54) is 15.9 Å². The largest absolute Gasteiger partial charge is 0.338 e. The summed E-state index contributed by atoms with van der Waals surface area (Å²) in [5, 5.41) is 10.9. The van der Waals surface area contributed by atoms with E-state index in [-0.39, 0.29) is 43.0 Å². The van der Waals surface area contributed by atoms with Gasteiger partial charge in [0.1, 0.15) is 6.54 Å². The van der Waals surface area contributed by atoms with Crippen LogP contribution in [0.4, 0.5) is 5.69 Å². The molecule has 1 saturated heterocycles. The highest BCUT2D eigenvalue weighted by Crippen LogP contribution is 2.26. The zero-order valence-electron chi connectivity index (χ0n) is 14.3. The van der Waals surface area contributed by atoms with Crippen molar-refractivity contribution < 1.29 is 24.1 Å². The topological polar surface area (TPSA) is 121 Å². The Bertz CT molecular complexity index is 882. The van der Waals surface area contributed by atoms with Gasteiger partial charge >= 0.3 is 0 Å². The average Bonchev–Trinajstić information content (AvgIpc) is 2.91. The summed E-state index contributed by atoms with van der Waals surface area (Å²) in [5.74, 6) is -2.34. The van der Waals surface area contributed by atoms with E-state index < -0.39 is 39.9 Å². The Morgan fingerprint density at radius 3 is 2.18 bits per heavy atom. The fourth-order valence-electron chi connectivity index (χ4n) is 3.09. The number of nitrogens with zero attached hydrogens (tertiary/aromatic N) is 4. The number of amides is 4. The lowest BCUT2D eigenvalue weighted by atomic mass is 10.1. The number of fused-ring (bicyclic) bond motifs is 1. The number of imide groups is 1. The molecule has 3 rings (SSSR count). The lowest BCUT2D eigenvalue weighted by molar-refractivity contribution is -0.384. The molecule has 28 heavy (non-hydrogen) atoms. The molecular formula is C16H14Cl2N4O6. The van der Waals surface area contributed by atoms with Crippen molar-refractivity contribution in [3.63, 3.8) is 0 Å². The minimum atomic E-state index is -1.18. The van der Waals surface area contributed by atoms with Gasteiger partial charge in [0.15, 0.2) is 4.84 Å². The molecule has 10 nitrogen and oxygen atoms in total. The van der Waals surface area contributed by atoms with Crippen LogP contribution >= 0.6 is 23.2 Å². The van der Waals surface area contributed by atoms with Gasteiger partial charge in [-0.15, -0.1) is 0 Å². The standard InChI is InChI=1S/C16H14Cl2N4O6/c17-13(18)16(26)20-5-3-19(4-6-20)12(23)8-21-14(24)10-2-1-9(22(27)28)7-11(10)15(21)25/h1-2,7,13H,3-6,8H2. The smallest absolute Gasteiger partial charge is 0.270 e. The van der Waals surface area contributed by atoms with Crippen LogP contribution in [-0.2, 0) is 9.59 Å². The van der Waals surface area contributed by atoms with Crippen LogP contribution in [0.15, 0.2) is 18.2 Å². The Labute approximate surface area is 168 Å². The molecule has 0 aliphatic carbocycles. The van der Waals surface area contributed by atoms with E-state index in [1.54, 1.807) is 0 Å². The maximum Gasteiger partial charge on any atom is 0.270 e. The highest BCUT2D eigenvalue weighted by Gasteiger charge is 2.39. The van der Waals surface area contributed by atoms with Gasteiger partial charge in [0.05, 0.1) is 16.1 Å². The third kappa shape index (κ3) is 3.65. The van der Waals surface area contributed by atoms with E-state index in [0.29, 0.717) is 0 Å². The van der Waals surface area contributed by atoms with Crippen molar-refractivity contribution in [2.75, 3.05) is 32.7 Å². The first kappa shape index (κ1) is 20.0. The third-order valence-corrected chi connectivity index (χ3v) is 4.96. The van der Waals surface area contributed by atoms with E-state index in [9.17, 15) is 29.3 Å². The van der Waals surface area contributed by atoms with Crippen molar-refractivity contribution in [2.45, 2.75) is 4.84 Å². The molecule has 2 heterocycles. The van der Waals surface area contributed by atoms with Gasteiger partial charge in [0.25, 0.3) is 23.4 Å². The number of hydrogen-bond acceptors (Lipinski definition) is 6. The van der Waals surface area contributed by atoms with Gasteiger partial charge in [-0.05, 0) is 6.07 Å². The quantitative estimate of drug-likeness (QED) is 0.300. The molecule has 1 fully saturated rings. The van der Waals surface area contributed by atoms with Crippen LogP contribution in [0.5, 0.6) is 0 Å². The molecule has 0 N–H and O–H groups in total. The predicted molar refractivity (Wildman–Crippen MR) is 97.1 cm³/mol. The van der Waals surface area contributed by atoms with Crippen molar-refractivity contribution >= 4 is 52.5 Å². The van der Waals surface area contributed by atoms with Crippen LogP contribution in [0, 0.1) is 10.1 Å². The molecule has 148 valence electrons. The van der Waals surface area contributed by atoms with Gasteiger partial charge in [0, 0.05) is 38.3 Å². The number of halogens is 2. The number of carbonyl (C=O) groups excluding carboxylic acids is 4. The number of carbonyl (C=O) groups is 4. The molecule has 2 aliphatic heterocycles. The van der Waals surface area contributed by atoms with Crippen LogP contribution in [-0.4, -0.2) is 80.8 Å². The van der Waals surface area contributed by atoms with Crippen LogP contribution in [0.1, 0.15) is 20.7 Å². The van der Waals surface area contributed by atoms with Crippen LogP contribution < -0.4 is 0 Å². The van der Waals surface area contributed by atoms with Crippen LogP contribution in [0.2, 0.25) is 0 Å². The first-order valence-corrected chi connectivity index (χ1v) is 9.07. The maximum absolute atomic E-state index is 12.5. The summed E-state index contributed by atoms with van der Waals surface area (Å²) in [7, 11) is 0. The lowest BCUT2D eigenvalue weighted by Crippen LogP contribution is -2.53. The zero-order chi connectivity index (χ0) is 20.6. The van der Waals surface area contributed by atoms with Crippen LogP contribution in [0.25, 0.3) is 0 Å². The summed E-state index contributed by atoms with van der Waals surface area (Å²) in [6.07, 6.45) is 0. The van der Waals surface area contributed by atoms with Crippen molar-refractivity contribution in [1.82, 2.24) is 14.7 Å².